The fraction of sp³-hybridized carbons (Fsp3) is 0.273. The Balaban J connectivity index is 2.17. The molecule has 0 radical (unpaired) electrons. The number of methoxy groups -OCH3 is 3. The number of ether oxygens (including phenoxy) is 3. The number of rotatable bonds is 7. The van der Waals surface area contributed by atoms with E-state index in [4.69, 9.17) is 14.2 Å². The van der Waals surface area contributed by atoms with Crippen molar-refractivity contribution >= 4 is 17.4 Å². The largest absolute Gasteiger partial charge is 0.507 e. The molecule has 2 aromatic carbocycles. The van der Waals surface area contributed by atoms with E-state index in [-0.39, 0.29) is 24.5 Å². The number of aliphatic hydroxyl groups is 1. The predicted molar refractivity (Wildman–Crippen MR) is 107 cm³/mol. The molecule has 1 heterocycles. The molecule has 1 aliphatic rings. The molecule has 1 fully saturated rings. The van der Waals surface area contributed by atoms with Crippen LogP contribution in [0.15, 0.2) is 54.1 Å². The highest BCUT2D eigenvalue weighted by Crippen LogP contribution is 2.40. The quantitative estimate of drug-likeness (QED) is 0.439. The normalized spacial score (nSPS) is 18.2. The van der Waals surface area contributed by atoms with Crippen LogP contribution in [0, 0.1) is 0 Å². The summed E-state index contributed by atoms with van der Waals surface area (Å²) in [4.78, 5) is 27.0. The third-order valence-electron chi connectivity index (χ3n) is 4.83. The molecule has 0 aromatic heterocycles. The van der Waals surface area contributed by atoms with Gasteiger partial charge in [-0.3, -0.25) is 9.59 Å². The Labute approximate surface area is 169 Å². The van der Waals surface area contributed by atoms with Crippen molar-refractivity contribution in [1.82, 2.24) is 4.90 Å². The lowest BCUT2D eigenvalue weighted by Gasteiger charge is -2.25. The molecule has 1 unspecified atom stereocenters. The summed E-state index contributed by atoms with van der Waals surface area (Å²) in [7, 11) is 4.57. The molecule has 7 heteroatoms. The third kappa shape index (κ3) is 3.95. The van der Waals surface area contributed by atoms with Crippen LogP contribution in [0.5, 0.6) is 11.5 Å². The van der Waals surface area contributed by atoms with Gasteiger partial charge < -0.3 is 24.2 Å². The first-order valence-electron chi connectivity index (χ1n) is 9.07. The van der Waals surface area contributed by atoms with Crippen molar-refractivity contribution in [1.29, 1.82) is 0 Å². The highest BCUT2D eigenvalue weighted by Gasteiger charge is 2.46. The number of Topliss-reactive ketones (excluding diaryl/α,β-unsaturated/α-hetero) is 1. The molecule has 1 atom stereocenters. The first kappa shape index (κ1) is 20.4. The molecule has 29 heavy (non-hydrogen) atoms. The summed E-state index contributed by atoms with van der Waals surface area (Å²) in [6.45, 7) is 0.463. The van der Waals surface area contributed by atoms with Gasteiger partial charge in [0.2, 0.25) is 0 Å². The molecule has 0 bridgehead atoms. The maximum absolute atomic E-state index is 12.9. The number of hydrogen-bond acceptors (Lipinski definition) is 6. The van der Waals surface area contributed by atoms with Crippen LogP contribution in [0.3, 0.4) is 0 Å². The van der Waals surface area contributed by atoms with Gasteiger partial charge in [0.25, 0.3) is 11.7 Å². The maximum atomic E-state index is 12.9. The predicted octanol–water partition coefficient (Wildman–Crippen LogP) is 2.77. The Morgan fingerprint density at radius 2 is 1.66 bits per heavy atom. The second-order valence-electron chi connectivity index (χ2n) is 6.49. The van der Waals surface area contributed by atoms with Crippen molar-refractivity contribution in [2.75, 3.05) is 34.5 Å². The maximum Gasteiger partial charge on any atom is 0.295 e. The summed E-state index contributed by atoms with van der Waals surface area (Å²) in [5.41, 5.74) is 1.07. The van der Waals surface area contributed by atoms with Crippen LogP contribution in [0.1, 0.15) is 17.2 Å². The summed E-state index contributed by atoms with van der Waals surface area (Å²) in [6.07, 6.45) is 0. The Morgan fingerprint density at radius 1 is 1.00 bits per heavy atom. The molecule has 1 amide bonds. The molecule has 0 saturated carbocycles. The van der Waals surface area contributed by atoms with Crippen molar-refractivity contribution in [2.24, 2.45) is 0 Å². The summed E-state index contributed by atoms with van der Waals surface area (Å²) in [6, 6.07) is 13.0. The molecule has 0 spiro atoms. The van der Waals surface area contributed by atoms with Crippen LogP contribution in [0.25, 0.3) is 5.76 Å². The molecule has 0 aliphatic carbocycles. The lowest BCUT2D eigenvalue weighted by Crippen LogP contribution is -2.32. The zero-order valence-electron chi connectivity index (χ0n) is 16.5. The molecule has 2 aromatic rings. The number of likely N-dealkylation sites (tertiary alicyclic amines) is 1. The first-order chi connectivity index (χ1) is 14.0. The van der Waals surface area contributed by atoms with Crippen LogP contribution in [0.4, 0.5) is 0 Å². The molecule has 7 nitrogen and oxygen atoms in total. The van der Waals surface area contributed by atoms with Crippen molar-refractivity contribution < 1.29 is 28.9 Å². The SMILES string of the molecule is COCCN1C(=O)C(=O)C(=C(O)c2cccc(OC)c2)C1c1cccc(OC)c1. The molecule has 3 rings (SSSR count). The van der Waals surface area contributed by atoms with E-state index in [9.17, 15) is 14.7 Å². The van der Waals surface area contributed by atoms with Gasteiger partial charge in [-0.1, -0.05) is 24.3 Å². The highest BCUT2D eigenvalue weighted by molar-refractivity contribution is 6.46. The number of aliphatic hydroxyl groups excluding tert-OH is 1. The van der Waals surface area contributed by atoms with Crippen molar-refractivity contribution in [3.05, 3.63) is 65.2 Å². The summed E-state index contributed by atoms with van der Waals surface area (Å²) < 4.78 is 15.6. The van der Waals surface area contributed by atoms with Gasteiger partial charge in [0.1, 0.15) is 17.3 Å². The standard InChI is InChI=1S/C22H23NO6/c1-27-11-10-23-19(14-6-4-8-16(12-14)28-2)18(21(25)22(23)26)20(24)15-7-5-9-17(13-15)29-3/h4-9,12-13,19,24H,10-11H2,1-3H3. The Hall–Kier alpha value is -3.32. The number of carbonyl (C=O) groups excluding carboxylic acids is 2. The van der Waals surface area contributed by atoms with Gasteiger partial charge in [-0.05, 0) is 29.8 Å². The summed E-state index contributed by atoms with van der Waals surface area (Å²) >= 11 is 0. The second kappa shape index (κ2) is 8.79. The average molecular weight is 397 g/mol. The average Bonchev–Trinajstić information content (AvgIpc) is 3.01. The van der Waals surface area contributed by atoms with Crippen LogP contribution in [-0.2, 0) is 14.3 Å². The molecule has 152 valence electrons. The van der Waals surface area contributed by atoms with Crippen LogP contribution in [-0.4, -0.2) is 56.2 Å². The summed E-state index contributed by atoms with van der Waals surface area (Å²) in [5.74, 6) is -0.564. The Morgan fingerprint density at radius 3 is 2.31 bits per heavy atom. The molecule has 1 aliphatic heterocycles. The molecular weight excluding hydrogens is 374 g/mol. The van der Waals surface area contributed by atoms with E-state index in [2.05, 4.69) is 0 Å². The van der Waals surface area contributed by atoms with Gasteiger partial charge in [0, 0.05) is 19.2 Å². The van der Waals surface area contributed by atoms with Gasteiger partial charge >= 0.3 is 0 Å². The number of carbonyl (C=O) groups is 2. The van der Waals surface area contributed by atoms with Crippen molar-refractivity contribution in [2.45, 2.75) is 6.04 Å². The van der Waals surface area contributed by atoms with Gasteiger partial charge in [-0.15, -0.1) is 0 Å². The van der Waals surface area contributed by atoms with Crippen LogP contribution >= 0.6 is 0 Å². The Bertz CT molecular complexity index is 952. The van der Waals surface area contributed by atoms with Gasteiger partial charge in [-0.25, -0.2) is 0 Å². The molecule has 1 N–H and O–H groups in total. The van der Waals surface area contributed by atoms with E-state index >= 15 is 0 Å². The zero-order valence-corrected chi connectivity index (χ0v) is 16.5. The highest BCUT2D eigenvalue weighted by atomic mass is 16.5. The van der Waals surface area contributed by atoms with Gasteiger partial charge in [-0.2, -0.15) is 0 Å². The fourth-order valence-electron chi connectivity index (χ4n) is 3.38. The number of benzene rings is 2. The van der Waals surface area contributed by atoms with Crippen molar-refractivity contribution in [3.8, 4) is 11.5 Å². The number of nitrogens with zero attached hydrogens (tertiary/aromatic N) is 1. The van der Waals surface area contributed by atoms with E-state index in [0.717, 1.165) is 0 Å². The summed E-state index contributed by atoms with van der Waals surface area (Å²) in [5, 5.41) is 11.0. The molecule has 1 saturated heterocycles. The topological polar surface area (TPSA) is 85.3 Å². The lowest BCUT2D eigenvalue weighted by molar-refractivity contribution is -0.140. The molecular formula is C22H23NO6. The lowest BCUT2D eigenvalue weighted by atomic mass is 9.95. The minimum absolute atomic E-state index is 0.0209. The van der Waals surface area contributed by atoms with Gasteiger partial charge in [0.05, 0.1) is 32.4 Å². The van der Waals surface area contributed by atoms with E-state index < -0.39 is 17.7 Å². The van der Waals surface area contributed by atoms with E-state index in [0.29, 0.717) is 22.6 Å². The second-order valence-corrected chi connectivity index (χ2v) is 6.49. The monoisotopic (exact) mass is 397 g/mol. The Kier molecular flexibility index (Phi) is 6.19. The van der Waals surface area contributed by atoms with E-state index in [1.165, 1.54) is 26.2 Å². The number of hydrogen-bond donors (Lipinski definition) is 1. The van der Waals surface area contributed by atoms with Crippen LogP contribution < -0.4 is 9.47 Å². The minimum atomic E-state index is -0.758. The van der Waals surface area contributed by atoms with Crippen LogP contribution in [0.2, 0.25) is 0 Å². The minimum Gasteiger partial charge on any atom is -0.507 e. The van der Waals surface area contributed by atoms with Gasteiger partial charge in [0.15, 0.2) is 0 Å². The first-order valence-corrected chi connectivity index (χ1v) is 9.07. The fourth-order valence-corrected chi connectivity index (χ4v) is 3.38. The van der Waals surface area contributed by atoms with Crippen molar-refractivity contribution in [3.63, 3.8) is 0 Å². The third-order valence-corrected chi connectivity index (χ3v) is 4.83. The van der Waals surface area contributed by atoms with E-state index in [1.54, 1.807) is 48.5 Å². The zero-order chi connectivity index (χ0) is 21.0. The number of ketones is 1. The number of amides is 1. The van der Waals surface area contributed by atoms with E-state index in [1.807, 2.05) is 0 Å². The smallest absolute Gasteiger partial charge is 0.295 e.